The highest BCUT2D eigenvalue weighted by atomic mass is 32.1. The number of fused-ring (bicyclic) bond motifs is 10. The third-order valence-electron chi connectivity index (χ3n) is 11.8. The molecule has 12 heteroatoms. The van der Waals surface area contributed by atoms with Crippen molar-refractivity contribution in [1.82, 2.24) is 14.9 Å². The Hall–Kier alpha value is -6.76. The van der Waals surface area contributed by atoms with Crippen molar-refractivity contribution in [1.29, 1.82) is 0 Å². The number of hydrogen-bond acceptors (Lipinski definition) is 8. The molecule has 0 saturated carbocycles. The fourth-order valence-electron chi connectivity index (χ4n) is 8.73. The molecule has 4 heterocycles. The summed E-state index contributed by atoms with van der Waals surface area (Å²) in [6.45, 7) is 7.95. The van der Waals surface area contributed by atoms with E-state index in [2.05, 4.69) is 47.0 Å². The number of nitrogens with one attached hydrogen (secondary N) is 2. The molecule has 0 bridgehead atoms. The van der Waals surface area contributed by atoms with Gasteiger partial charge in [-0.05, 0) is 93.9 Å². The van der Waals surface area contributed by atoms with Crippen LogP contribution < -0.4 is 16.2 Å². The second-order valence-electron chi connectivity index (χ2n) is 15.1. The van der Waals surface area contributed by atoms with Crippen LogP contribution in [0.1, 0.15) is 66.2 Å². The van der Waals surface area contributed by atoms with Crippen LogP contribution in [0.2, 0.25) is 0 Å². The maximum Gasteiger partial charge on any atom is 0.407 e. The number of rotatable bonds is 6. The lowest BCUT2D eigenvalue weighted by Gasteiger charge is -2.21. The smallest absolute Gasteiger partial charge is 0.407 e. The fraction of sp³-hybridized carbons (Fsp3) is 0.204. The maximum absolute atomic E-state index is 13.5. The topological polar surface area (TPSA) is 149 Å². The van der Waals surface area contributed by atoms with Crippen molar-refractivity contribution in [2.75, 3.05) is 11.9 Å². The predicted molar refractivity (Wildman–Crippen MR) is 241 cm³/mol. The van der Waals surface area contributed by atoms with Crippen LogP contribution >= 0.6 is 13.5 Å². The number of aryl methyl sites for hydroxylation is 1. The van der Waals surface area contributed by atoms with Crippen molar-refractivity contribution >= 4 is 58.8 Å². The van der Waals surface area contributed by atoms with E-state index in [4.69, 9.17) is 14.5 Å². The molecule has 0 radical (unpaired) electrons. The number of aliphatic hydroxyl groups is 1. The van der Waals surface area contributed by atoms with Gasteiger partial charge in [0.2, 0.25) is 5.91 Å². The zero-order valence-corrected chi connectivity index (χ0v) is 35.0. The number of anilines is 1. The molecule has 3 aliphatic rings. The lowest BCUT2D eigenvalue weighted by atomic mass is 9.94. The van der Waals surface area contributed by atoms with Gasteiger partial charge in [0.25, 0.3) is 5.56 Å². The maximum atomic E-state index is 13.5. The van der Waals surface area contributed by atoms with Crippen LogP contribution in [0.5, 0.6) is 0 Å². The van der Waals surface area contributed by atoms with Gasteiger partial charge in [-0.15, -0.1) is 0 Å². The quantitative estimate of drug-likeness (QED) is 0.111. The Morgan fingerprint density at radius 1 is 0.869 bits per heavy atom. The molecular weight excluding hydrogens is 789 g/mol. The van der Waals surface area contributed by atoms with Crippen molar-refractivity contribution < 1.29 is 29.0 Å². The normalized spacial score (nSPS) is 14.8. The first-order valence-electron chi connectivity index (χ1n) is 20.1. The van der Waals surface area contributed by atoms with Crippen molar-refractivity contribution in [2.24, 2.45) is 0 Å². The minimum Gasteiger partial charge on any atom is -0.458 e. The first-order valence-corrected chi connectivity index (χ1v) is 20.1. The Balaban J connectivity index is 0.00000169. The number of hydrogen-bond donors (Lipinski definition) is 3. The number of aromatic nitrogens is 2. The van der Waals surface area contributed by atoms with Crippen molar-refractivity contribution in [3.8, 4) is 33.6 Å². The Kier molecular flexibility index (Phi) is 11.0. The molecule has 308 valence electrons. The summed E-state index contributed by atoms with van der Waals surface area (Å²) in [6, 6.07) is 34.8. The van der Waals surface area contributed by atoms with E-state index < -0.39 is 24.2 Å². The van der Waals surface area contributed by atoms with Crippen molar-refractivity contribution in [2.45, 2.75) is 58.9 Å². The molecule has 2 aliphatic heterocycles. The highest BCUT2D eigenvalue weighted by molar-refractivity contribution is 7.59. The number of ether oxygens (including phenoxy) is 2. The molecule has 2 atom stereocenters. The molecule has 0 saturated heterocycles. The highest BCUT2D eigenvalue weighted by Gasteiger charge is 2.35. The van der Waals surface area contributed by atoms with Crippen molar-refractivity contribution in [3.05, 3.63) is 153 Å². The Morgan fingerprint density at radius 2 is 1.52 bits per heavy atom. The van der Waals surface area contributed by atoms with Gasteiger partial charge in [-0.3, -0.25) is 9.59 Å². The Bertz CT molecular complexity index is 2940. The zero-order chi connectivity index (χ0) is 41.8. The van der Waals surface area contributed by atoms with Gasteiger partial charge in [-0.25, -0.2) is 14.6 Å². The first kappa shape index (κ1) is 41.0. The van der Waals surface area contributed by atoms with E-state index in [0.29, 0.717) is 23.6 Å². The van der Waals surface area contributed by atoms with Crippen LogP contribution in [-0.4, -0.2) is 45.3 Å². The van der Waals surface area contributed by atoms with E-state index in [1.807, 2.05) is 87.5 Å². The third-order valence-corrected chi connectivity index (χ3v) is 11.8. The largest absolute Gasteiger partial charge is 0.458 e. The van der Waals surface area contributed by atoms with Gasteiger partial charge in [0.15, 0.2) is 6.10 Å². The molecule has 61 heavy (non-hydrogen) atoms. The monoisotopic (exact) mass is 832 g/mol. The Morgan fingerprint density at radius 3 is 2.23 bits per heavy atom. The summed E-state index contributed by atoms with van der Waals surface area (Å²) < 4.78 is 12.3. The van der Waals surface area contributed by atoms with Gasteiger partial charge in [-0.2, -0.15) is 13.5 Å². The predicted octanol–water partition coefficient (Wildman–Crippen LogP) is 8.65. The third kappa shape index (κ3) is 7.01. The van der Waals surface area contributed by atoms with Gasteiger partial charge in [0.1, 0.15) is 19.3 Å². The minimum absolute atomic E-state index is 0. The fourth-order valence-corrected chi connectivity index (χ4v) is 8.73. The van der Waals surface area contributed by atoms with E-state index in [9.17, 15) is 24.3 Å². The summed E-state index contributed by atoms with van der Waals surface area (Å²) >= 11 is 0. The number of carbonyl (C=O) groups is 3. The number of amides is 2. The summed E-state index contributed by atoms with van der Waals surface area (Å²) in [5.74, 6) is -1.23. The van der Waals surface area contributed by atoms with Crippen LogP contribution in [0.3, 0.4) is 0 Å². The van der Waals surface area contributed by atoms with Crippen LogP contribution in [0.25, 0.3) is 55.3 Å². The zero-order valence-electron chi connectivity index (χ0n) is 34.0. The van der Waals surface area contributed by atoms with Crippen LogP contribution in [0.4, 0.5) is 10.5 Å². The summed E-state index contributed by atoms with van der Waals surface area (Å²) in [7, 11) is 0. The molecule has 2 unspecified atom stereocenters. The molecule has 1 aliphatic carbocycles. The first-order chi connectivity index (χ1) is 29.1. The Labute approximate surface area is 358 Å². The average molecular weight is 833 g/mol. The number of aliphatic hydroxyl groups excluding tert-OH is 1. The molecule has 11 nitrogen and oxygen atoms in total. The van der Waals surface area contributed by atoms with Crippen molar-refractivity contribution in [3.63, 3.8) is 0 Å². The van der Waals surface area contributed by atoms with Crippen LogP contribution in [0, 0.1) is 6.92 Å². The standard InChI is InChI=1S/C47H36N4O7.C2H6.H2S/c1-24-36-21-51-40(20-35-38(45(51)54)23-57-46(55)43(35)52)42(36)50-39-18-15-27-11-12-28(19-34(27)41(24)39)26-13-16-29(17-14-26)49-44(53)25(2)48-47(56)58-22-37-32-9-5-3-7-30(32)31-8-4-6-10-33(31)37;1-2;/h3-20,25,37,43,52H,21-23H2,1-2H3,(H,48,56)(H,49,53);1-2H3;1H2. The van der Waals surface area contributed by atoms with Gasteiger partial charge < -0.3 is 29.8 Å². The minimum atomic E-state index is -1.51. The number of pyridine rings is 2. The summed E-state index contributed by atoms with van der Waals surface area (Å²) in [5.41, 5.74) is 11.1. The summed E-state index contributed by atoms with van der Waals surface area (Å²) in [4.78, 5) is 56.6. The highest BCUT2D eigenvalue weighted by Crippen LogP contribution is 2.45. The van der Waals surface area contributed by atoms with E-state index in [0.717, 1.165) is 66.2 Å². The molecule has 3 N–H and O–H groups in total. The van der Waals surface area contributed by atoms with E-state index in [1.165, 1.54) is 0 Å². The molecule has 0 spiro atoms. The summed E-state index contributed by atoms with van der Waals surface area (Å²) in [6.07, 6.45) is -2.17. The molecule has 2 aromatic heterocycles. The van der Waals surface area contributed by atoms with E-state index in [1.54, 1.807) is 17.6 Å². The SMILES string of the molecule is CC.Cc1c2c(nc3ccc4ccc(-c5ccc(NC(=O)C(C)NC(=O)OCC6c7ccccc7-c7ccccc76)cc5)cc4c13)-c1cc3c(c(=O)n1C2)COC(=O)C3O.S. The number of benzene rings is 5. The van der Waals surface area contributed by atoms with E-state index >= 15 is 0 Å². The number of cyclic esters (lactones) is 1. The number of esters is 1. The van der Waals surface area contributed by atoms with Gasteiger partial charge in [0.05, 0.1) is 29.0 Å². The molecule has 10 rings (SSSR count). The average Bonchev–Trinajstić information content (AvgIpc) is 3.81. The molecule has 7 aromatic rings. The van der Waals surface area contributed by atoms with Gasteiger partial charge >= 0.3 is 12.1 Å². The lowest BCUT2D eigenvalue weighted by molar-refractivity contribution is -0.157. The van der Waals surface area contributed by atoms with E-state index in [-0.39, 0.29) is 55.2 Å². The molecule has 2 amide bonds. The molecule has 5 aromatic carbocycles. The number of alkyl carbamates (subject to hydrolysis) is 1. The van der Waals surface area contributed by atoms with Crippen LogP contribution in [0.15, 0.2) is 114 Å². The second-order valence-corrected chi connectivity index (χ2v) is 15.1. The van der Waals surface area contributed by atoms with Gasteiger partial charge in [0, 0.05) is 28.1 Å². The summed E-state index contributed by atoms with van der Waals surface area (Å²) in [5, 5.41) is 19.1. The lowest BCUT2D eigenvalue weighted by Crippen LogP contribution is -2.42. The van der Waals surface area contributed by atoms with Gasteiger partial charge in [-0.1, -0.05) is 92.7 Å². The molecule has 0 fully saturated rings. The molecular formula is C49H44N4O7S. The number of carbonyl (C=O) groups excluding carboxylic acids is 3. The van der Waals surface area contributed by atoms with Crippen LogP contribution in [-0.2, 0) is 32.2 Å². The second kappa shape index (κ2) is 16.4. The number of nitrogens with zero attached hydrogens (tertiary/aromatic N) is 2.